The molecule has 0 spiro atoms. The topological polar surface area (TPSA) is 73.9 Å². The molecule has 128 valence electrons. The third-order valence-corrected chi connectivity index (χ3v) is 3.10. The van der Waals surface area contributed by atoms with Gasteiger partial charge in [-0.2, -0.15) is 0 Å². The van der Waals surface area contributed by atoms with E-state index in [9.17, 15) is 9.59 Å². The summed E-state index contributed by atoms with van der Waals surface area (Å²) in [4.78, 5) is 23.8. The summed E-state index contributed by atoms with van der Waals surface area (Å²) >= 11 is 0. The van der Waals surface area contributed by atoms with Crippen molar-refractivity contribution in [1.29, 1.82) is 0 Å². The highest BCUT2D eigenvalue weighted by molar-refractivity contribution is 5.76. The SMILES string of the molecule is CCOC(=O)CN[C@H](c1ccccc1)[C@H](OCC)C(=O)OCC. The Morgan fingerprint density at radius 1 is 1.00 bits per heavy atom. The molecule has 0 fully saturated rings. The quantitative estimate of drug-likeness (QED) is 0.662. The third-order valence-electron chi connectivity index (χ3n) is 3.10. The Morgan fingerprint density at radius 3 is 2.22 bits per heavy atom. The van der Waals surface area contributed by atoms with Crippen molar-refractivity contribution in [3.05, 3.63) is 35.9 Å². The number of esters is 2. The van der Waals surface area contributed by atoms with Crippen molar-refractivity contribution in [1.82, 2.24) is 5.32 Å². The van der Waals surface area contributed by atoms with Crippen molar-refractivity contribution in [2.75, 3.05) is 26.4 Å². The summed E-state index contributed by atoms with van der Waals surface area (Å²) in [5, 5.41) is 3.04. The molecule has 0 bridgehead atoms. The fourth-order valence-corrected chi connectivity index (χ4v) is 2.17. The molecular weight excluding hydrogens is 298 g/mol. The fourth-order valence-electron chi connectivity index (χ4n) is 2.17. The first kappa shape index (κ1) is 19.1. The van der Waals surface area contributed by atoms with E-state index in [-0.39, 0.29) is 19.1 Å². The van der Waals surface area contributed by atoms with Crippen LogP contribution in [-0.4, -0.2) is 44.4 Å². The summed E-state index contributed by atoms with van der Waals surface area (Å²) in [6.07, 6.45) is -0.836. The molecule has 0 amide bonds. The van der Waals surface area contributed by atoms with Gasteiger partial charge in [0, 0.05) is 6.61 Å². The largest absolute Gasteiger partial charge is 0.465 e. The van der Waals surface area contributed by atoms with E-state index in [1.165, 1.54) is 0 Å². The summed E-state index contributed by atoms with van der Waals surface area (Å²) in [6, 6.07) is 8.85. The molecule has 0 aliphatic heterocycles. The van der Waals surface area contributed by atoms with Crippen LogP contribution in [0.3, 0.4) is 0 Å². The molecule has 0 aliphatic carbocycles. The molecule has 0 saturated carbocycles. The summed E-state index contributed by atoms with van der Waals surface area (Å²) in [5.74, 6) is -0.841. The monoisotopic (exact) mass is 323 g/mol. The lowest BCUT2D eigenvalue weighted by molar-refractivity contribution is -0.159. The zero-order valence-electron chi connectivity index (χ0n) is 13.9. The van der Waals surface area contributed by atoms with Gasteiger partial charge in [0.1, 0.15) is 0 Å². The molecule has 0 aromatic heterocycles. The second-order valence-corrected chi connectivity index (χ2v) is 4.70. The molecule has 1 aromatic rings. The molecule has 6 nitrogen and oxygen atoms in total. The van der Waals surface area contributed by atoms with Crippen LogP contribution in [-0.2, 0) is 23.8 Å². The molecule has 23 heavy (non-hydrogen) atoms. The molecule has 0 radical (unpaired) electrons. The molecule has 2 atom stereocenters. The Balaban J connectivity index is 2.95. The Hall–Kier alpha value is -1.92. The number of carbonyl (C=O) groups excluding carboxylic acids is 2. The Kier molecular flexibility index (Phi) is 8.94. The minimum absolute atomic E-state index is 0.0175. The van der Waals surface area contributed by atoms with Gasteiger partial charge in [0.25, 0.3) is 0 Å². The van der Waals surface area contributed by atoms with E-state index in [1.807, 2.05) is 30.3 Å². The molecule has 1 N–H and O–H groups in total. The van der Waals surface area contributed by atoms with Crippen LogP contribution < -0.4 is 5.32 Å². The van der Waals surface area contributed by atoms with Crippen molar-refractivity contribution < 1.29 is 23.8 Å². The van der Waals surface area contributed by atoms with Crippen LogP contribution in [0.2, 0.25) is 0 Å². The molecule has 0 saturated heterocycles. The molecule has 0 unspecified atom stereocenters. The Labute approximate surface area is 137 Å². The van der Waals surface area contributed by atoms with E-state index in [4.69, 9.17) is 14.2 Å². The zero-order valence-corrected chi connectivity index (χ0v) is 13.9. The van der Waals surface area contributed by atoms with E-state index in [1.54, 1.807) is 20.8 Å². The minimum Gasteiger partial charge on any atom is -0.465 e. The van der Waals surface area contributed by atoms with Gasteiger partial charge in [0.2, 0.25) is 0 Å². The maximum atomic E-state index is 12.2. The second-order valence-electron chi connectivity index (χ2n) is 4.70. The number of rotatable bonds is 10. The van der Waals surface area contributed by atoms with Crippen LogP contribution in [0.15, 0.2) is 30.3 Å². The number of ether oxygens (including phenoxy) is 3. The van der Waals surface area contributed by atoms with Gasteiger partial charge in [-0.05, 0) is 26.3 Å². The number of benzene rings is 1. The first-order chi connectivity index (χ1) is 11.1. The smallest absolute Gasteiger partial charge is 0.337 e. The maximum absolute atomic E-state index is 12.2. The maximum Gasteiger partial charge on any atom is 0.337 e. The number of hydrogen-bond acceptors (Lipinski definition) is 6. The standard InChI is InChI=1S/C17H25NO5/c1-4-21-14(19)12-18-15(13-10-8-7-9-11-13)16(22-5-2)17(20)23-6-3/h7-11,15-16,18H,4-6,12H2,1-3H3/t15-,16+/m1/s1. The fraction of sp³-hybridized carbons (Fsp3) is 0.529. The minimum atomic E-state index is -0.836. The molecule has 1 aromatic carbocycles. The van der Waals surface area contributed by atoms with Crippen LogP contribution in [0.1, 0.15) is 32.4 Å². The van der Waals surface area contributed by atoms with E-state index in [2.05, 4.69) is 5.32 Å². The Bertz CT molecular complexity index is 477. The van der Waals surface area contributed by atoms with Crippen molar-refractivity contribution in [2.24, 2.45) is 0 Å². The van der Waals surface area contributed by atoms with Gasteiger partial charge in [-0.25, -0.2) is 4.79 Å². The number of carbonyl (C=O) groups is 2. The number of hydrogen-bond donors (Lipinski definition) is 1. The van der Waals surface area contributed by atoms with Gasteiger partial charge in [0.15, 0.2) is 6.10 Å². The lowest BCUT2D eigenvalue weighted by Gasteiger charge is -2.26. The highest BCUT2D eigenvalue weighted by Crippen LogP contribution is 2.20. The van der Waals surface area contributed by atoms with E-state index in [0.717, 1.165) is 5.56 Å². The second kappa shape index (κ2) is 10.7. The summed E-state index contributed by atoms with van der Waals surface area (Å²) in [5.41, 5.74) is 0.836. The molecule has 0 heterocycles. The van der Waals surface area contributed by atoms with Crippen molar-refractivity contribution in [3.8, 4) is 0 Å². The van der Waals surface area contributed by atoms with Crippen LogP contribution in [0.4, 0.5) is 0 Å². The Morgan fingerprint density at radius 2 is 1.65 bits per heavy atom. The van der Waals surface area contributed by atoms with Crippen molar-refractivity contribution in [2.45, 2.75) is 32.9 Å². The summed E-state index contributed by atoms with van der Waals surface area (Å²) in [7, 11) is 0. The van der Waals surface area contributed by atoms with E-state index >= 15 is 0 Å². The summed E-state index contributed by atoms with van der Waals surface area (Å²) in [6.45, 7) is 6.20. The third kappa shape index (κ3) is 6.38. The van der Waals surface area contributed by atoms with E-state index < -0.39 is 18.1 Å². The predicted molar refractivity (Wildman–Crippen MR) is 85.9 cm³/mol. The highest BCUT2D eigenvalue weighted by atomic mass is 16.6. The average Bonchev–Trinajstić information content (AvgIpc) is 2.55. The summed E-state index contributed by atoms with van der Waals surface area (Å²) < 4.78 is 15.6. The molecule has 0 aliphatic rings. The molecule has 6 heteroatoms. The van der Waals surface area contributed by atoms with Gasteiger partial charge >= 0.3 is 11.9 Å². The first-order valence-electron chi connectivity index (χ1n) is 7.86. The van der Waals surface area contributed by atoms with Crippen LogP contribution in [0.5, 0.6) is 0 Å². The van der Waals surface area contributed by atoms with E-state index in [0.29, 0.717) is 13.2 Å². The van der Waals surface area contributed by atoms with Gasteiger partial charge < -0.3 is 14.2 Å². The van der Waals surface area contributed by atoms with Gasteiger partial charge in [-0.15, -0.1) is 0 Å². The van der Waals surface area contributed by atoms with Crippen molar-refractivity contribution >= 4 is 11.9 Å². The zero-order chi connectivity index (χ0) is 17.1. The lowest BCUT2D eigenvalue weighted by atomic mass is 10.0. The predicted octanol–water partition coefficient (Wildman–Crippen LogP) is 1.85. The van der Waals surface area contributed by atoms with Gasteiger partial charge in [0.05, 0.1) is 25.8 Å². The first-order valence-corrected chi connectivity index (χ1v) is 7.86. The number of nitrogens with one attached hydrogen (secondary N) is 1. The average molecular weight is 323 g/mol. The molecule has 1 rings (SSSR count). The van der Waals surface area contributed by atoms with Crippen LogP contribution >= 0.6 is 0 Å². The van der Waals surface area contributed by atoms with Crippen molar-refractivity contribution in [3.63, 3.8) is 0 Å². The lowest BCUT2D eigenvalue weighted by Crippen LogP contribution is -2.42. The highest BCUT2D eigenvalue weighted by Gasteiger charge is 2.31. The normalized spacial score (nSPS) is 13.2. The van der Waals surface area contributed by atoms with Crippen LogP contribution in [0, 0.1) is 0 Å². The van der Waals surface area contributed by atoms with Crippen LogP contribution in [0.25, 0.3) is 0 Å². The van der Waals surface area contributed by atoms with Gasteiger partial charge in [-0.1, -0.05) is 30.3 Å². The molecular formula is C17H25NO5. The van der Waals surface area contributed by atoms with Gasteiger partial charge in [-0.3, -0.25) is 10.1 Å².